The first-order valence-electron chi connectivity index (χ1n) is 13.5. The van der Waals surface area contributed by atoms with Crippen LogP contribution in [0.3, 0.4) is 0 Å². The molecule has 0 N–H and O–H groups in total. The molecule has 0 nitrogen and oxygen atoms in total. The number of benzene rings is 2. The van der Waals surface area contributed by atoms with E-state index in [1.807, 2.05) is 12.2 Å². The van der Waals surface area contributed by atoms with Crippen molar-refractivity contribution in [1.82, 2.24) is 0 Å². The third-order valence-corrected chi connectivity index (χ3v) is 7.58. The number of rotatable bonds is 2. The first kappa shape index (κ1) is 31.5. The molecule has 4 aliphatic carbocycles. The van der Waals surface area contributed by atoms with Crippen LogP contribution in [-0.4, -0.2) is 3.21 Å². The Balaban J connectivity index is 0.000000357. The van der Waals surface area contributed by atoms with E-state index >= 15 is 0 Å². The maximum atomic E-state index is 3.66. The molecule has 0 spiro atoms. The fraction of sp³-hybridized carbons (Fsp3) is 0.485. The van der Waals surface area contributed by atoms with E-state index in [0.717, 1.165) is 24.7 Å². The summed E-state index contributed by atoms with van der Waals surface area (Å²) in [6.45, 7) is 4.25. The Kier molecular flexibility index (Phi) is 14.2. The van der Waals surface area contributed by atoms with Gasteiger partial charge in [-0.25, -0.2) is 12.2 Å². The molecule has 0 unspecified atom stereocenters. The zero-order valence-electron chi connectivity index (χ0n) is 22.0. The van der Waals surface area contributed by atoms with Crippen molar-refractivity contribution in [2.24, 2.45) is 0 Å². The van der Waals surface area contributed by atoms with Crippen LogP contribution in [0.4, 0.5) is 0 Å². The van der Waals surface area contributed by atoms with Gasteiger partial charge in [-0.05, 0) is 30.7 Å². The van der Waals surface area contributed by atoms with Crippen LogP contribution in [0.25, 0.3) is 11.1 Å². The molecular weight excluding hydrogens is 558 g/mol. The van der Waals surface area contributed by atoms with Crippen LogP contribution in [0.15, 0.2) is 48.6 Å². The van der Waals surface area contributed by atoms with E-state index < -0.39 is 0 Å². The minimum Gasteiger partial charge on any atom is -1.00 e. The van der Waals surface area contributed by atoms with Crippen LogP contribution in [0.1, 0.15) is 119 Å². The van der Waals surface area contributed by atoms with Gasteiger partial charge in [0.25, 0.3) is 0 Å². The molecule has 0 atom stereocenters. The van der Waals surface area contributed by atoms with Crippen molar-refractivity contribution >= 4 is 3.21 Å². The summed E-state index contributed by atoms with van der Waals surface area (Å²) in [4.78, 5) is 0. The van der Waals surface area contributed by atoms with Crippen molar-refractivity contribution in [1.29, 1.82) is 0 Å². The van der Waals surface area contributed by atoms with Crippen LogP contribution < -0.4 is 24.8 Å². The Labute approximate surface area is 247 Å². The maximum Gasteiger partial charge on any atom is -0.0162 e. The van der Waals surface area contributed by atoms with Gasteiger partial charge in [0.2, 0.25) is 0 Å². The Bertz CT molecular complexity index is 944. The van der Waals surface area contributed by atoms with E-state index in [2.05, 4.69) is 62.4 Å². The van der Waals surface area contributed by atoms with Crippen LogP contribution in [-0.2, 0) is 30.7 Å². The third kappa shape index (κ3) is 8.93. The Hall–Kier alpha value is -0.747. The molecule has 6 rings (SSSR count). The number of hydrogen-bond acceptors (Lipinski definition) is 0. The number of halogens is 2. The molecule has 192 valence electrons. The van der Waals surface area contributed by atoms with Gasteiger partial charge in [-0.1, -0.05) is 86.6 Å². The summed E-state index contributed by atoms with van der Waals surface area (Å²) >= 11 is 1.55. The molecule has 2 aromatic carbocycles. The molecule has 0 aliphatic heterocycles. The monoisotopic (exact) mass is 596 g/mol. The van der Waals surface area contributed by atoms with E-state index in [4.69, 9.17) is 0 Å². The van der Waals surface area contributed by atoms with Crippen molar-refractivity contribution in [3.8, 4) is 11.1 Å². The predicted octanol–water partition coefficient (Wildman–Crippen LogP) is 3.21. The van der Waals surface area contributed by atoms with E-state index in [1.165, 1.54) is 89.7 Å². The number of hydrogen-bond donors (Lipinski definition) is 0. The first-order chi connectivity index (χ1) is 16.6. The third-order valence-electron chi connectivity index (χ3n) is 7.58. The second-order valence-electron chi connectivity index (χ2n) is 10.6. The van der Waals surface area contributed by atoms with Crippen molar-refractivity contribution in [2.45, 2.75) is 103 Å². The molecule has 4 aliphatic rings. The summed E-state index contributed by atoms with van der Waals surface area (Å²) in [5, 5.41) is 0. The van der Waals surface area contributed by atoms with Gasteiger partial charge >= 0.3 is 41.3 Å². The van der Waals surface area contributed by atoms with Crippen LogP contribution in [0.5, 0.6) is 0 Å². The molecule has 2 saturated carbocycles. The minimum atomic E-state index is 0. The van der Waals surface area contributed by atoms with Gasteiger partial charge in [-0.3, -0.25) is 6.08 Å². The van der Waals surface area contributed by atoms with Gasteiger partial charge in [0.15, 0.2) is 0 Å². The first-order valence-corrected chi connectivity index (χ1v) is 14.8. The van der Waals surface area contributed by atoms with Gasteiger partial charge < -0.3 is 24.8 Å². The second kappa shape index (κ2) is 16.3. The molecule has 0 bridgehead atoms. The second-order valence-corrected chi connectivity index (χ2v) is 13.0. The van der Waals surface area contributed by atoms with Crippen molar-refractivity contribution < 1.29 is 49.0 Å². The molecule has 0 radical (unpaired) electrons. The smallest absolute Gasteiger partial charge is 0.0162 e. The zero-order valence-corrected chi connectivity index (χ0v) is 26.0. The topological polar surface area (TPSA) is 0 Å². The molecule has 3 heteroatoms. The quantitative estimate of drug-likeness (QED) is 0.398. The van der Waals surface area contributed by atoms with Gasteiger partial charge in [0.05, 0.1) is 0 Å². The Morgan fingerprint density at radius 3 is 1.92 bits per heavy atom. The summed E-state index contributed by atoms with van der Waals surface area (Å²) in [7, 11) is 0. The molecular formula is C33H40Cl2Zr-2. The standard InChI is InChI=1S/C25H29.C5H5.C3H6.2ClH.Zr/c1-3-7-18(8-4-1)20-11-13-22-15-23-14-12-21(17-25(23)24(22)16-20)19-9-5-2-6-10-19;1-2-4-5-3-1;1-3-2;;;/h11-13,16-19H,1-10,15H2;1-3H,4H2;1-2H3;2*1H;/q2*-1;;;;+2/p-2. The van der Waals surface area contributed by atoms with E-state index in [-0.39, 0.29) is 24.8 Å². The zero-order chi connectivity index (χ0) is 23.8. The van der Waals surface area contributed by atoms with E-state index in [0.29, 0.717) is 0 Å². The average molecular weight is 599 g/mol. The van der Waals surface area contributed by atoms with Gasteiger partial charge in [0, 0.05) is 0 Å². The largest absolute Gasteiger partial charge is 1.00 e. The molecule has 0 heterocycles. The predicted molar refractivity (Wildman–Crippen MR) is 143 cm³/mol. The average Bonchev–Trinajstić information content (AvgIpc) is 3.56. The normalized spacial score (nSPS) is 17.9. The van der Waals surface area contributed by atoms with Crippen molar-refractivity contribution in [3.63, 3.8) is 0 Å². The Morgan fingerprint density at radius 2 is 1.39 bits per heavy atom. The maximum absolute atomic E-state index is 3.66. The number of fused-ring (bicyclic) bond motifs is 3. The van der Waals surface area contributed by atoms with Crippen molar-refractivity contribution in [3.05, 3.63) is 83.0 Å². The van der Waals surface area contributed by atoms with Gasteiger partial charge in [-0.2, -0.15) is 35.4 Å². The minimum absolute atomic E-state index is 0. The summed E-state index contributed by atoms with van der Waals surface area (Å²) in [5.74, 6) is 1.58. The molecule has 0 aromatic heterocycles. The van der Waals surface area contributed by atoms with Gasteiger partial charge in [-0.15, -0.1) is 12.0 Å². The van der Waals surface area contributed by atoms with Gasteiger partial charge in [0.1, 0.15) is 0 Å². The summed E-state index contributed by atoms with van der Waals surface area (Å²) < 4.78 is 1.51. The molecule has 2 fully saturated rings. The SMILES string of the molecule is C[C](C)=[Zr+2].[C-]1=CC=CC1.[Cl-].[Cl-].[c-]1cc(C2CCCCC2)cc2c1Cc1ccc(C3CCCCC3)cc1-2. The van der Waals surface area contributed by atoms with Crippen LogP contribution in [0, 0.1) is 12.1 Å². The molecule has 2 aromatic rings. The summed E-state index contributed by atoms with van der Waals surface area (Å²) in [5.41, 5.74) is 9.11. The Morgan fingerprint density at radius 1 is 0.806 bits per heavy atom. The van der Waals surface area contributed by atoms with Crippen LogP contribution in [0.2, 0.25) is 0 Å². The van der Waals surface area contributed by atoms with Crippen LogP contribution >= 0.6 is 0 Å². The molecule has 36 heavy (non-hydrogen) atoms. The molecule has 0 saturated heterocycles. The molecule has 0 amide bonds. The number of allylic oxidation sites excluding steroid dienone is 4. The van der Waals surface area contributed by atoms with E-state index in [9.17, 15) is 0 Å². The summed E-state index contributed by atoms with van der Waals surface area (Å²) in [6.07, 6.45) is 25.1. The fourth-order valence-corrected chi connectivity index (χ4v) is 5.82. The summed E-state index contributed by atoms with van der Waals surface area (Å²) in [6, 6.07) is 15.9. The van der Waals surface area contributed by atoms with Crippen molar-refractivity contribution in [2.75, 3.05) is 0 Å². The van der Waals surface area contributed by atoms with E-state index in [1.54, 1.807) is 35.4 Å². The fourth-order valence-electron chi connectivity index (χ4n) is 5.82.